The normalized spacial score (nSPS) is 10.2. The van der Waals surface area contributed by atoms with E-state index in [1.165, 1.54) is 5.56 Å². The van der Waals surface area contributed by atoms with Crippen molar-refractivity contribution < 1.29 is 0 Å². The SMILES string of the molecule is C=CCNc1cc(C)nc(N(CC)c2cccc(C)c2)n1. The molecule has 0 saturated heterocycles. The minimum Gasteiger partial charge on any atom is -0.366 e. The first-order valence-corrected chi connectivity index (χ1v) is 7.18. The van der Waals surface area contributed by atoms with Crippen LogP contribution in [-0.2, 0) is 0 Å². The molecule has 110 valence electrons. The number of aromatic nitrogens is 2. The molecule has 1 aromatic carbocycles. The molecule has 0 bridgehead atoms. The monoisotopic (exact) mass is 282 g/mol. The van der Waals surface area contributed by atoms with E-state index in [-0.39, 0.29) is 0 Å². The number of rotatable bonds is 6. The van der Waals surface area contributed by atoms with Crippen molar-refractivity contribution in [2.45, 2.75) is 20.8 Å². The number of aryl methyl sites for hydroxylation is 2. The Bertz CT molecular complexity index is 622. The fourth-order valence-corrected chi connectivity index (χ4v) is 2.18. The number of anilines is 3. The van der Waals surface area contributed by atoms with Gasteiger partial charge in [0.1, 0.15) is 5.82 Å². The summed E-state index contributed by atoms with van der Waals surface area (Å²) in [6.07, 6.45) is 1.81. The number of benzene rings is 1. The van der Waals surface area contributed by atoms with E-state index < -0.39 is 0 Å². The predicted molar refractivity (Wildman–Crippen MR) is 89.3 cm³/mol. The molecule has 1 aromatic heterocycles. The fraction of sp³-hybridized carbons (Fsp3) is 0.294. The van der Waals surface area contributed by atoms with Crippen molar-refractivity contribution in [1.29, 1.82) is 0 Å². The lowest BCUT2D eigenvalue weighted by atomic mass is 10.2. The van der Waals surface area contributed by atoms with Gasteiger partial charge in [-0.2, -0.15) is 4.98 Å². The Balaban J connectivity index is 2.37. The summed E-state index contributed by atoms with van der Waals surface area (Å²) in [5.41, 5.74) is 3.28. The number of nitrogens with zero attached hydrogens (tertiary/aromatic N) is 3. The summed E-state index contributed by atoms with van der Waals surface area (Å²) in [4.78, 5) is 11.3. The number of nitrogens with one attached hydrogen (secondary N) is 1. The second kappa shape index (κ2) is 6.88. The van der Waals surface area contributed by atoms with E-state index in [4.69, 9.17) is 0 Å². The molecule has 0 unspecified atom stereocenters. The highest BCUT2D eigenvalue weighted by molar-refractivity contribution is 5.59. The van der Waals surface area contributed by atoms with Crippen molar-refractivity contribution in [1.82, 2.24) is 9.97 Å². The lowest BCUT2D eigenvalue weighted by Crippen LogP contribution is -2.20. The van der Waals surface area contributed by atoms with Crippen molar-refractivity contribution in [2.24, 2.45) is 0 Å². The smallest absolute Gasteiger partial charge is 0.232 e. The maximum Gasteiger partial charge on any atom is 0.232 e. The molecule has 0 radical (unpaired) electrons. The predicted octanol–water partition coefficient (Wildman–Crippen LogP) is 3.85. The van der Waals surface area contributed by atoms with Gasteiger partial charge in [-0.3, -0.25) is 0 Å². The molecular weight excluding hydrogens is 260 g/mol. The standard InChI is InChI=1S/C17H22N4/c1-5-10-18-16-12-14(4)19-17(20-16)21(6-2)15-9-7-8-13(3)11-15/h5,7-9,11-12H,1,6,10H2,2-4H3,(H,18,19,20). The first-order valence-electron chi connectivity index (χ1n) is 7.18. The Morgan fingerprint density at radius 2 is 2.05 bits per heavy atom. The molecular formula is C17H22N4. The number of hydrogen-bond acceptors (Lipinski definition) is 4. The fourth-order valence-electron chi connectivity index (χ4n) is 2.18. The molecule has 1 heterocycles. The molecule has 4 nitrogen and oxygen atoms in total. The van der Waals surface area contributed by atoms with Crippen LogP contribution in [0.25, 0.3) is 0 Å². The highest BCUT2D eigenvalue weighted by atomic mass is 15.3. The van der Waals surface area contributed by atoms with Gasteiger partial charge < -0.3 is 10.2 Å². The van der Waals surface area contributed by atoms with Crippen LogP contribution in [0.3, 0.4) is 0 Å². The van der Waals surface area contributed by atoms with Crippen LogP contribution in [-0.4, -0.2) is 23.1 Å². The zero-order valence-corrected chi connectivity index (χ0v) is 12.9. The van der Waals surface area contributed by atoms with Crippen LogP contribution in [0.5, 0.6) is 0 Å². The molecule has 4 heteroatoms. The quantitative estimate of drug-likeness (QED) is 0.817. The van der Waals surface area contributed by atoms with Crippen LogP contribution in [0.2, 0.25) is 0 Å². The third-order valence-corrected chi connectivity index (χ3v) is 3.14. The molecule has 0 aliphatic rings. The van der Waals surface area contributed by atoms with Gasteiger partial charge in [-0.15, -0.1) is 6.58 Å². The van der Waals surface area contributed by atoms with Crippen molar-refractivity contribution >= 4 is 17.5 Å². The van der Waals surface area contributed by atoms with E-state index in [0.717, 1.165) is 29.7 Å². The van der Waals surface area contributed by atoms with Crippen LogP contribution in [0.4, 0.5) is 17.5 Å². The molecule has 0 fully saturated rings. The second-order valence-corrected chi connectivity index (χ2v) is 4.95. The minimum absolute atomic E-state index is 0.687. The molecule has 0 atom stereocenters. The third-order valence-electron chi connectivity index (χ3n) is 3.14. The van der Waals surface area contributed by atoms with Gasteiger partial charge >= 0.3 is 0 Å². The topological polar surface area (TPSA) is 41.1 Å². The Labute approximate surface area is 126 Å². The van der Waals surface area contributed by atoms with Crippen molar-refractivity contribution in [3.05, 3.63) is 54.2 Å². The Hall–Kier alpha value is -2.36. The summed E-state index contributed by atoms with van der Waals surface area (Å²) in [5.74, 6) is 1.54. The van der Waals surface area contributed by atoms with Crippen molar-refractivity contribution in [3.63, 3.8) is 0 Å². The summed E-state index contributed by atoms with van der Waals surface area (Å²) in [5, 5.41) is 3.22. The molecule has 21 heavy (non-hydrogen) atoms. The van der Waals surface area contributed by atoms with Gasteiger partial charge in [-0.1, -0.05) is 18.2 Å². The first-order chi connectivity index (χ1) is 10.1. The van der Waals surface area contributed by atoms with Gasteiger partial charge in [0, 0.05) is 30.5 Å². The highest BCUT2D eigenvalue weighted by Gasteiger charge is 2.12. The highest BCUT2D eigenvalue weighted by Crippen LogP contribution is 2.24. The van der Waals surface area contributed by atoms with Gasteiger partial charge in [0.2, 0.25) is 5.95 Å². The second-order valence-electron chi connectivity index (χ2n) is 4.95. The summed E-state index contributed by atoms with van der Waals surface area (Å²) in [7, 11) is 0. The average molecular weight is 282 g/mol. The van der Waals surface area contributed by atoms with E-state index >= 15 is 0 Å². The van der Waals surface area contributed by atoms with Crippen LogP contribution in [0.15, 0.2) is 43.0 Å². The van der Waals surface area contributed by atoms with Gasteiger partial charge in [0.25, 0.3) is 0 Å². The maximum absolute atomic E-state index is 4.60. The van der Waals surface area contributed by atoms with E-state index in [1.807, 2.05) is 19.1 Å². The van der Waals surface area contributed by atoms with E-state index in [0.29, 0.717) is 6.54 Å². The number of hydrogen-bond donors (Lipinski definition) is 1. The Morgan fingerprint density at radius 1 is 1.24 bits per heavy atom. The van der Waals surface area contributed by atoms with Crippen LogP contribution in [0.1, 0.15) is 18.2 Å². The van der Waals surface area contributed by atoms with Gasteiger partial charge in [-0.25, -0.2) is 4.98 Å². The minimum atomic E-state index is 0.687. The summed E-state index contributed by atoms with van der Waals surface area (Å²) < 4.78 is 0. The van der Waals surface area contributed by atoms with E-state index in [9.17, 15) is 0 Å². The molecule has 0 saturated carbocycles. The van der Waals surface area contributed by atoms with Gasteiger partial charge in [-0.05, 0) is 38.5 Å². The summed E-state index contributed by atoms with van der Waals surface area (Å²) >= 11 is 0. The molecule has 0 amide bonds. The molecule has 0 aliphatic heterocycles. The van der Waals surface area contributed by atoms with Gasteiger partial charge in [0.05, 0.1) is 0 Å². The first kappa shape index (κ1) is 15.0. The maximum atomic E-state index is 4.60. The van der Waals surface area contributed by atoms with Crippen molar-refractivity contribution in [2.75, 3.05) is 23.3 Å². The Kier molecular flexibility index (Phi) is 4.93. The van der Waals surface area contributed by atoms with E-state index in [2.05, 4.69) is 64.9 Å². The zero-order chi connectivity index (χ0) is 15.2. The summed E-state index contributed by atoms with van der Waals surface area (Å²) in [6, 6.07) is 10.3. The molecule has 1 N–H and O–H groups in total. The molecule has 0 spiro atoms. The molecule has 2 rings (SSSR count). The van der Waals surface area contributed by atoms with Crippen LogP contribution < -0.4 is 10.2 Å². The third kappa shape index (κ3) is 3.81. The largest absolute Gasteiger partial charge is 0.366 e. The summed E-state index contributed by atoms with van der Waals surface area (Å²) in [6.45, 7) is 11.4. The zero-order valence-electron chi connectivity index (χ0n) is 12.9. The van der Waals surface area contributed by atoms with E-state index in [1.54, 1.807) is 0 Å². The van der Waals surface area contributed by atoms with Crippen molar-refractivity contribution in [3.8, 4) is 0 Å². The molecule has 0 aliphatic carbocycles. The lowest BCUT2D eigenvalue weighted by Gasteiger charge is -2.22. The Morgan fingerprint density at radius 3 is 2.71 bits per heavy atom. The average Bonchev–Trinajstić information content (AvgIpc) is 2.45. The molecule has 2 aromatic rings. The lowest BCUT2D eigenvalue weighted by molar-refractivity contribution is 0.933. The van der Waals surface area contributed by atoms with Crippen LogP contribution >= 0.6 is 0 Å². The van der Waals surface area contributed by atoms with Crippen LogP contribution in [0, 0.1) is 13.8 Å². The van der Waals surface area contributed by atoms with Gasteiger partial charge in [0.15, 0.2) is 0 Å².